The van der Waals surface area contributed by atoms with Crippen molar-refractivity contribution in [3.63, 3.8) is 0 Å². The molecule has 2 aromatic rings. The number of fused-ring (bicyclic) bond motifs is 3. The number of allylic oxidation sites excluding steroid dienone is 2. The third-order valence-corrected chi connectivity index (χ3v) is 5.94. The number of aliphatic imine (C=N–C) groups is 1. The van der Waals surface area contributed by atoms with Crippen molar-refractivity contribution in [3.8, 4) is 6.07 Å². The molecule has 0 saturated heterocycles. The predicted molar refractivity (Wildman–Crippen MR) is 120 cm³/mol. The van der Waals surface area contributed by atoms with Gasteiger partial charge in [0.05, 0.1) is 22.8 Å². The predicted octanol–water partition coefficient (Wildman–Crippen LogP) is 6.98. The minimum Gasteiger partial charge on any atom is -0.340 e. The van der Waals surface area contributed by atoms with E-state index in [0.717, 1.165) is 37.1 Å². The van der Waals surface area contributed by atoms with Crippen LogP contribution in [0.15, 0.2) is 42.0 Å². The molecule has 146 valence electrons. The van der Waals surface area contributed by atoms with Crippen molar-refractivity contribution in [1.82, 2.24) is 4.57 Å². The van der Waals surface area contributed by atoms with Gasteiger partial charge >= 0.3 is 0 Å². The molecule has 0 spiro atoms. The van der Waals surface area contributed by atoms with Crippen molar-refractivity contribution in [2.75, 3.05) is 0 Å². The second kappa shape index (κ2) is 9.06. The molecule has 0 saturated carbocycles. The number of benzene rings is 1. The number of rotatable bonds is 6. The fourth-order valence-electron chi connectivity index (χ4n) is 4.61. The van der Waals surface area contributed by atoms with E-state index in [2.05, 4.69) is 61.2 Å². The zero-order chi connectivity index (χ0) is 20.1. The topological polar surface area (TPSA) is 41.1 Å². The second-order valence-electron chi connectivity index (χ2n) is 7.57. The van der Waals surface area contributed by atoms with Crippen LogP contribution in [0, 0.1) is 11.3 Å². The van der Waals surface area contributed by atoms with Crippen LogP contribution in [0.5, 0.6) is 0 Å². The summed E-state index contributed by atoms with van der Waals surface area (Å²) in [5.74, 6) is 0.518. The highest BCUT2D eigenvalue weighted by Crippen LogP contribution is 2.42. The smallest absolute Gasteiger partial charge is 0.0992 e. The minimum absolute atomic E-state index is 0.518. The fourth-order valence-corrected chi connectivity index (χ4v) is 4.61. The fraction of sp³-hybridized carbons (Fsp3) is 0.440. The zero-order valence-electron chi connectivity index (χ0n) is 17.5. The molecule has 3 heteroatoms. The summed E-state index contributed by atoms with van der Waals surface area (Å²) in [5, 5.41) is 10.7. The van der Waals surface area contributed by atoms with E-state index in [1.165, 1.54) is 47.0 Å². The van der Waals surface area contributed by atoms with Crippen molar-refractivity contribution in [1.29, 1.82) is 5.26 Å². The first-order valence-corrected chi connectivity index (χ1v) is 10.6. The molecule has 1 unspecified atom stereocenters. The summed E-state index contributed by atoms with van der Waals surface area (Å²) >= 11 is 0. The molecule has 2 heterocycles. The maximum absolute atomic E-state index is 9.44. The Morgan fingerprint density at radius 1 is 1.36 bits per heavy atom. The van der Waals surface area contributed by atoms with Gasteiger partial charge in [-0.1, -0.05) is 45.4 Å². The van der Waals surface area contributed by atoms with Gasteiger partial charge in [0.15, 0.2) is 0 Å². The number of nitriles is 1. The molecule has 1 aromatic heterocycles. The third kappa shape index (κ3) is 3.56. The summed E-state index contributed by atoms with van der Waals surface area (Å²) in [7, 11) is 0. The monoisotopic (exact) mass is 373 g/mol. The van der Waals surface area contributed by atoms with Crippen LogP contribution < -0.4 is 0 Å². The molecule has 1 aromatic carbocycles. The number of hydrogen-bond donors (Lipinski definition) is 0. The Labute approximate surface area is 169 Å². The molecule has 0 aliphatic carbocycles. The SMILES string of the molecule is C=CN=C1CCCn2c(c(C(CC)CCCC)c3ccc(C#N)cc32)/C1=C/C. The molecule has 3 rings (SSSR count). The van der Waals surface area contributed by atoms with Crippen LogP contribution in [-0.2, 0) is 6.54 Å². The van der Waals surface area contributed by atoms with E-state index in [-0.39, 0.29) is 0 Å². The van der Waals surface area contributed by atoms with Gasteiger partial charge in [0.2, 0.25) is 0 Å². The van der Waals surface area contributed by atoms with Crippen LogP contribution in [0.4, 0.5) is 0 Å². The average molecular weight is 374 g/mol. The van der Waals surface area contributed by atoms with Crippen LogP contribution in [0.1, 0.15) is 82.0 Å². The van der Waals surface area contributed by atoms with Gasteiger partial charge in [-0.2, -0.15) is 5.26 Å². The number of hydrogen-bond acceptors (Lipinski definition) is 2. The Bertz CT molecular complexity index is 966. The Balaban J connectivity index is 2.36. The van der Waals surface area contributed by atoms with E-state index in [4.69, 9.17) is 0 Å². The lowest BCUT2D eigenvalue weighted by atomic mass is 9.86. The first kappa shape index (κ1) is 20.1. The zero-order valence-corrected chi connectivity index (χ0v) is 17.5. The normalized spacial score (nSPS) is 18.1. The Kier molecular flexibility index (Phi) is 6.52. The quantitative estimate of drug-likeness (QED) is 0.538. The standard InChI is InChI=1S/C25H31N3/c1-5-9-11-19(6-2)24-21-14-13-18(17-26)16-23(21)28-15-10-12-22(27-8-4)20(7-3)25(24)28/h7-8,13-14,16,19H,4-6,9-12,15H2,1-3H3/b20-7+,27-22?. The van der Waals surface area contributed by atoms with Gasteiger partial charge in [0, 0.05) is 29.4 Å². The minimum atomic E-state index is 0.518. The van der Waals surface area contributed by atoms with E-state index < -0.39 is 0 Å². The number of aryl methyl sites for hydroxylation is 1. The van der Waals surface area contributed by atoms with Gasteiger partial charge < -0.3 is 4.57 Å². The molecule has 1 aliphatic rings. The Hall–Kier alpha value is -2.60. The van der Waals surface area contributed by atoms with E-state index in [1.54, 1.807) is 6.20 Å². The van der Waals surface area contributed by atoms with Gasteiger partial charge in [-0.25, -0.2) is 0 Å². The maximum Gasteiger partial charge on any atom is 0.0992 e. The molecule has 0 radical (unpaired) electrons. The molecule has 0 fully saturated rings. The van der Waals surface area contributed by atoms with Crippen LogP contribution >= 0.6 is 0 Å². The molecular formula is C25H31N3. The maximum atomic E-state index is 9.44. The number of aromatic nitrogens is 1. The molecule has 0 amide bonds. The number of unbranched alkanes of at least 4 members (excludes halogenated alkanes) is 1. The van der Waals surface area contributed by atoms with E-state index in [0.29, 0.717) is 5.92 Å². The van der Waals surface area contributed by atoms with Crippen molar-refractivity contribution in [2.24, 2.45) is 4.99 Å². The summed E-state index contributed by atoms with van der Waals surface area (Å²) in [5.41, 5.74) is 7.05. The first-order valence-electron chi connectivity index (χ1n) is 10.6. The summed E-state index contributed by atoms with van der Waals surface area (Å²) in [6.07, 6.45) is 10.6. The molecular weight excluding hydrogens is 342 g/mol. The second-order valence-corrected chi connectivity index (χ2v) is 7.57. The van der Waals surface area contributed by atoms with Gasteiger partial charge in [-0.05, 0) is 56.2 Å². The van der Waals surface area contributed by atoms with Crippen LogP contribution in [-0.4, -0.2) is 10.3 Å². The molecule has 0 bridgehead atoms. The van der Waals surface area contributed by atoms with Crippen LogP contribution in [0.3, 0.4) is 0 Å². The highest BCUT2D eigenvalue weighted by atomic mass is 15.0. The van der Waals surface area contributed by atoms with Gasteiger partial charge in [0.25, 0.3) is 0 Å². The lowest BCUT2D eigenvalue weighted by Gasteiger charge is -2.19. The molecule has 1 atom stereocenters. The van der Waals surface area contributed by atoms with Crippen LogP contribution in [0.25, 0.3) is 16.5 Å². The first-order chi connectivity index (χ1) is 13.7. The summed E-state index contributed by atoms with van der Waals surface area (Å²) in [6, 6.07) is 8.51. The highest BCUT2D eigenvalue weighted by molar-refractivity contribution is 6.25. The van der Waals surface area contributed by atoms with E-state index >= 15 is 0 Å². The summed E-state index contributed by atoms with van der Waals surface area (Å²) in [4.78, 5) is 4.63. The molecule has 0 N–H and O–H groups in total. The van der Waals surface area contributed by atoms with Crippen LogP contribution in [0.2, 0.25) is 0 Å². The van der Waals surface area contributed by atoms with E-state index in [9.17, 15) is 5.26 Å². The van der Waals surface area contributed by atoms with E-state index in [1.807, 2.05) is 6.07 Å². The highest BCUT2D eigenvalue weighted by Gasteiger charge is 2.28. The Morgan fingerprint density at radius 2 is 2.18 bits per heavy atom. The third-order valence-electron chi connectivity index (χ3n) is 5.94. The van der Waals surface area contributed by atoms with Crippen molar-refractivity contribution >= 4 is 22.2 Å². The Morgan fingerprint density at radius 3 is 2.82 bits per heavy atom. The van der Waals surface area contributed by atoms with Gasteiger partial charge in [-0.15, -0.1) is 0 Å². The van der Waals surface area contributed by atoms with Crippen molar-refractivity contribution in [2.45, 2.75) is 71.8 Å². The molecule has 1 aliphatic heterocycles. The van der Waals surface area contributed by atoms with Gasteiger partial charge in [0.1, 0.15) is 0 Å². The lowest BCUT2D eigenvalue weighted by Crippen LogP contribution is -2.08. The summed E-state index contributed by atoms with van der Waals surface area (Å²) < 4.78 is 2.45. The average Bonchev–Trinajstić information content (AvgIpc) is 2.91. The molecule has 28 heavy (non-hydrogen) atoms. The molecule has 3 nitrogen and oxygen atoms in total. The van der Waals surface area contributed by atoms with Gasteiger partial charge in [-0.3, -0.25) is 4.99 Å². The number of nitrogens with zero attached hydrogens (tertiary/aromatic N) is 3. The van der Waals surface area contributed by atoms with Crippen molar-refractivity contribution < 1.29 is 0 Å². The van der Waals surface area contributed by atoms with Crippen molar-refractivity contribution in [3.05, 3.63) is 53.9 Å². The largest absolute Gasteiger partial charge is 0.340 e. The lowest BCUT2D eigenvalue weighted by molar-refractivity contribution is 0.568. The summed E-state index contributed by atoms with van der Waals surface area (Å²) in [6.45, 7) is 11.5.